The van der Waals surface area contributed by atoms with Crippen LogP contribution in [-0.4, -0.2) is 18.0 Å². The summed E-state index contributed by atoms with van der Waals surface area (Å²) in [6, 6.07) is 15.0. The van der Waals surface area contributed by atoms with Gasteiger partial charge >= 0.3 is 0 Å². The zero-order valence-corrected chi connectivity index (χ0v) is 11.7. The minimum absolute atomic E-state index is 0.0907. The van der Waals surface area contributed by atoms with Gasteiger partial charge in [0.2, 0.25) is 5.91 Å². The lowest BCUT2D eigenvalue weighted by Crippen LogP contribution is -2.31. The summed E-state index contributed by atoms with van der Waals surface area (Å²) in [5.74, 6) is 0.0907. The largest absolute Gasteiger partial charge is 0.325 e. The molecular formula is C17H20N2O. The summed E-state index contributed by atoms with van der Waals surface area (Å²) in [5, 5.41) is 8.74. The molecule has 20 heavy (non-hydrogen) atoms. The van der Waals surface area contributed by atoms with Crippen molar-refractivity contribution in [3.63, 3.8) is 0 Å². The van der Waals surface area contributed by atoms with Gasteiger partial charge in [0, 0.05) is 29.6 Å². The van der Waals surface area contributed by atoms with Crippen molar-refractivity contribution in [2.75, 3.05) is 5.32 Å². The van der Waals surface area contributed by atoms with E-state index in [1.807, 2.05) is 30.3 Å². The van der Waals surface area contributed by atoms with E-state index < -0.39 is 0 Å². The molecule has 1 aliphatic heterocycles. The van der Waals surface area contributed by atoms with Crippen LogP contribution in [0.4, 0.5) is 5.69 Å². The smallest absolute Gasteiger partial charge is 0.225 e. The van der Waals surface area contributed by atoms with Gasteiger partial charge in [0.15, 0.2) is 0 Å². The first-order chi connectivity index (χ1) is 9.72. The van der Waals surface area contributed by atoms with Gasteiger partial charge in [0.1, 0.15) is 0 Å². The highest BCUT2D eigenvalue weighted by atomic mass is 16.1. The van der Waals surface area contributed by atoms with Crippen molar-refractivity contribution in [3.05, 3.63) is 42.5 Å². The fraction of sp³-hybridized carbons (Fsp3) is 0.353. The van der Waals surface area contributed by atoms with Gasteiger partial charge < -0.3 is 10.6 Å². The van der Waals surface area contributed by atoms with E-state index in [0.717, 1.165) is 29.3 Å². The van der Waals surface area contributed by atoms with Gasteiger partial charge in [-0.25, -0.2) is 0 Å². The van der Waals surface area contributed by atoms with Gasteiger partial charge in [-0.1, -0.05) is 36.4 Å². The van der Waals surface area contributed by atoms with Gasteiger partial charge in [0.05, 0.1) is 0 Å². The number of fused-ring (bicyclic) bond motifs is 1. The molecular weight excluding hydrogens is 248 g/mol. The van der Waals surface area contributed by atoms with Gasteiger partial charge in [-0.2, -0.15) is 0 Å². The fourth-order valence-corrected chi connectivity index (χ4v) is 2.94. The molecule has 0 aromatic heterocycles. The number of benzene rings is 2. The number of hydrogen-bond donors (Lipinski definition) is 2. The monoisotopic (exact) mass is 268 g/mol. The van der Waals surface area contributed by atoms with E-state index in [1.54, 1.807) is 0 Å². The first-order valence-electron chi connectivity index (χ1n) is 7.26. The summed E-state index contributed by atoms with van der Waals surface area (Å²) in [6.07, 6.45) is 2.80. The van der Waals surface area contributed by atoms with Crippen LogP contribution in [-0.2, 0) is 4.79 Å². The average Bonchev–Trinajstić information content (AvgIpc) is 2.84. The summed E-state index contributed by atoms with van der Waals surface area (Å²) >= 11 is 0. The van der Waals surface area contributed by atoms with Crippen molar-refractivity contribution < 1.29 is 4.79 Å². The second-order valence-corrected chi connectivity index (χ2v) is 5.62. The molecule has 3 heteroatoms. The molecule has 1 fully saturated rings. The Morgan fingerprint density at radius 1 is 1.20 bits per heavy atom. The molecule has 2 aromatic rings. The van der Waals surface area contributed by atoms with Crippen LogP contribution >= 0.6 is 0 Å². The molecule has 1 saturated heterocycles. The van der Waals surface area contributed by atoms with Crippen LogP contribution in [0.2, 0.25) is 0 Å². The summed E-state index contributed by atoms with van der Waals surface area (Å²) in [4.78, 5) is 12.2. The molecule has 0 saturated carbocycles. The van der Waals surface area contributed by atoms with E-state index in [-0.39, 0.29) is 5.91 Å². The van der Waals surface area contributed by atoms with Gasteiger partial charge in [-0.3, -0.25) is 4.79 Å². The van der Waals surface area contributed by atoms with E-state index in [9.17, 15) is 4.79 Å². The third-order valence-electron chi connectivity index (χ3n) is 3.96. The minimum Gasteiger partial charge on any atom is -0.325 e. The van der Waals surface area contributed by atoms with Gasteiger partial charge in [-0.05, 0) is 31.2 Å². The molecule has 1 aliphatic rings. The van der Waals surface area contributed by atoms with Crippen molar-refractivity contribution in [1.29, 1.82) is 0 Å². The van der Waals surface area contributed by atoms with Crippen LogP contribution in [0.25, 0.3) is 10.8 Å². The fourth-order valence-electron chi connectivity index (χ4n) is 2.94. The van der Waals surface area contributed by atoms with Crippen LogP contribution in [0.15, 0.2) is 42.5 Å². The summed E-state index contributed by atoms with van der Waals surface area (Å²) < 4.78 is 0. The van der Waals surface area contributed by atoms with Crippen LogP contribution < -0.4 is 10.6 Å². The lowest BCUT2D eigenvalue weighted by Gasteiger charge is -2.13. The van der Waals surface area contributed by atoms with Crippen molar-refractivity contribution in [2.45, 2.75) is 38.3 Å². The molecule has 2 atom stereocenters. The number of amides is 1. The number of rotatable bonds is 3. The predicted molar refractivity (Wildman–Crippen MR) is 82.8 cm³/mol. The first-order valence-corrected chi connectivity index (χ1v) is 7.26. The minimum atomic E-state index is 0.0907. The van der Waals surface area contributed by atoms with Crippen molar-refractivity contribution in [3.8, 4) is 0 Å². The molecule has 0 spiro atoms. The lowest BCUT2D eigenvalue weighted by molar-refractivity contribution is -0.116. The Morgan fingerprint density at radius 3 is 2.80 bits per heavy atom. The number of anilines is 1. The molecule has 2 unspecified atom stereocenters. The van der Waals surface area contributed by atoms with Crippen molar-refractivity contribution >= 4 is 22.4 Å². The Kier molecular flexibility index (Phi) is 3.70. The number of nitrogens with one attached hydrogen (secondary N) is 2. The Hall–Kier alpha value is -1.87. The predicted octanol–water partition coefficient (Wildman–Crippen LogP) is 3.31. The second-order valence-electron chi connectivity index (χ2n) is 5.62. The highest BCUT2D eigenvalue weighted by Crippen LogP contribution is 2.23. The number of carbonyl (C=O) groups excluding carboxylic acids is 1. The standard InChI is InChI=1S/C17H20N2O/c1-12-9-10-14(18-12)11-17(20)19-16-8-4-6-13-5-2-3-7-15(13)16/h2-8,12,14,18H,9-11H2,1H3,(H,19,20). The number of hydrogen-bond acceptors (Lipinski definition) is 2. The van der Waals surface area contributed by atoms with Gasteiger partial charge in [-0.15, -0.1) is 0 Å². The van der Waals surface area contributed by atoms with Gasteiger partial charge in [0.25, 0.3) is 0 Å². The van der Waals surface area contributed by atoms with Crippen LogP contribution in [0.5, 0.6) is 0 Å². The zero-order chi connectivity index (χ0) is 13.9. The van der Waals surface area contributed by atoms with Crippen LogP contribution in [0.1, 0.15) is 26.2 Å². The molecule has 0 aliphatic carbocycles. The van der Waals surface area contributed by atoms with E-state index in [4.69, 9.17) is 0 Å². The topological polar surface area (TPSA) is 41.1 Å². The van der Waals surface area contributed by atoms with Crippen LogP contribution in [0.3, 0.4) is 0 Å². The zero-order valence-electron chi connectivity index (χ0n) is 11.7. The molecule has 2 aromatic carbocycles. The van der Waals surface area contributed by atoms with Crippen LogP contribution in [0, 0.1) is 0 Å². The Balaban J connectivity index is 1.71. The average molecular weight is 268 g/mol. The maximum Gasteiger partial charge on any atom is 0.225 e. The Bertz CT molecular complexity index is 618. The summed E-state index contributed by atoms with van der Waals surface area (Å²) in [6.45, 7) is 2.17. The van der Waals surface area contributed by atoms with E-state index in [0.29, 0.717) is 18.5 Å². The van der Waals surface area contributed by atoms with Crippen molar-refractivity contribution in [1.82, 2.24) is 5.32 Å². The SMILES string of the molecule is CC1CCC(CC(=O)Nc2cccc3ccccc23)N1. The van der Waals surface area contributed by atoms with E-state index in [2.05, 4.69) is 29.7 Å². The Morgan fingerprint density at radius 2 is 2.00 bits per heavy atom. The number of carbonyl (C=O) groups is 1. The lowest BCUT2D eigenvalue weighted by atomic mass is 10.1. The second kappa shape index (κ2) is 5.63. The van der Waals surface area contributed by atoms with E-state index in [1.165, 1.54) is 0 Å². The Labute approximate surface area is 119 Å². The maximum atomic E-state index is 12.2. The molecule has 2 N–H and O–H groups in total. The molecule has 3 nitrogen and oxygen atoms in total. The first kappa shape index (κ1) is 13.1. The third kappa shape index (κ3) is 2.83. The quantitative estimate of drug-likeness (QED) is 0.896. The highest BCUT2D eigenvalue weighted by Gasteiger charge is 2.22. The molecule has 0 radical (unpaired) electrons. The van der Waals surface area contributed by atoms with Crippen molar-refractivity contribution in [2.24, 2.45) is 0 Å². The third-order valence-corrected chi connectivity index (χ3v) is 3.96. The molecule has 104 valence electrons. The molecule has 3 rings (SSSR count). The highest BCUT2D eigenvalue weighted by molar-refractivity contribution is 6.02. The molecule has 1 heterocycles. The molecule has 0 bridgehead atoms. The summed E-state index contributed by atoms with van der Waals surface area (Å²) in [7, 11) is 0. The maximum absolute atomic E-state index is 12.2. The van der Waals surface area contributed by atoms with E-state index >= 15 is 0 Å². The molecule has 1 amide bonds. The summed E-state index contributed by atoms with van der Waals surface area (Å²) in [5.41, 5.74) is 0.902. The normalized spacial score (nSPS) is 22.1.